The second-order valence-electron chi connectivity index (χ2n) is 6.83. The van der Waals surface area contributed by atoms with E-state index < -0.39 is 0 Å². The zero-order valence-corrected chi connectivity index (χ0v) is 16.5. The number of nitrogens with one attached hydrogen (secondary N) is 1. The Kier molecular flexibility index (Phi) is 6.41. The lowest BCUT2D eigenvalue weighted by Gasteiger charge is -2.12. The lowest BCUT2D eigenvalue weighted by atomic mass is 10.1. The summed E-state index contributed by atoms with van der Waals surface area (Å²) in [4.78, 5) is 22.0. The standard InChI is InChI=1S/C20H20FN3O2.C2H6/c1-13-2-5-16(17(21)8-13)11-24-18(9-15-6-7-22-10-19(15)24)20(25)23-26-12-14-3-4-14;1-2/h2,5-10,14H,3-4,11-12H2,1H3,(H,23,25);1-2H3. The molecule has 0 saturated heterocycles. The van der Waals surface area contributed by atoms with Crippen LogP contribution in [-0.4, -0.2) is 22.1 Å². The molecule has 2 aromatic heterocycles. The molecule has 1 saturated carbocycles. The van der Waals surface area contributed by atoms with Gasteiger partial charge in [0.2, 0.25) is 0 Å². The Hall–Kier alpha value is -2.73. The number of aromatic nitrogens is 2. The van der Waals surface area contributed by atoms with Crippen molar-refractivity contribution in [2.75, 3.05) is 6.61 Å². The second-order valence-corrected chi connectivity index (χ2v) is 6.83. The Balaban J connectivity index is 0.00000109. The number of hydroxylamine groups is 1. The SMILES string of the molecule is CC.Cc1ccc(Cn2c(C(=O)NOCC3CC3)cc3ccncc32)c(F)c1. The predicted molar refractivity (Wildman–Crippen MR) is 107 cm³/mol. The first-order chi connectivity index (χ1) is 13.6. The van der Waals surface area contributed by atoms with Gasteiger partial charge in [0.25, 0.3) is 5.91 Å². The summed E-state index contributed by atoms with van der Waals surface area (Å²) >= 11 is 0. The minimum atomic E-state index is -0.339. The van der Waals surface area contributed by atoms with E-state index >= 15 is 0 Å². The molecule has 1 N–H and O–H groups in total. The number of benzene rings is 1. The van der Waals surface area contributed by atoms with Gasteiger partial charge < -0.3 is 4.57 Å². The van der Waals surface area contributed by atoms with Gasteiger partial charge >= 0.3 is 0 Å². The predicted octanol–water partition coefficient (Wildman–Crippen LogP) is 4.63. The fraction of sp³-hybridized carbons (Fsp3) is 0.364. The molecule has 6 heteroatoms. The fourth-order valence-corrected chi connectivity index (χ4v) is 2.97. The molecule has 2 heterocycles. The Morgan fingerprint density at radius 1 is 1.29 bits per heavy atom. The highest BCUT2D eigenvalue weighted by Crippen LogP contribution is 2.28. The van der Waals surface area contributed by atoms with Gasteiger partial charge in [-0.2, -0.15) is 0 Å². The van der Waals surface area contributed by atoms with Gasteiger partial charge in [-0.05, 0) is 49.4 Å². The topological polar surface area (TPSA) is 56.2 Å². The molecule has 1 amide bonds. The number of rotatable bonds is 6. The summed E-state index contributed by atoms with van der Waals surface area (Å²) in [6.45, 7) is 6.62. The highest BCUT2D eigenvalue weighted by Gasteiger charge is 2.23. The largest absolute Gasteiger partial charge is 0.331 e. The van der Waals surface area contributed by atoms with Crippen LogP contribution in [0.2, 0.25) is 0 Å². The maximum absolute atomic E-state index is 14.3. The molecule has 1 aliphatic rings. The summed E-state index contributed by atoms with van der Waals surface area (Å²) in [5.41, 5.74) is 5.08. The summed E-state index contributed by atoms with van der Waals surface area (Å²) in [6, 6.07) is 8.72. The summed E-state index contributed by atoms with van der Waals surface area (Å²) < 4.78 is 16.1. The van der Waals surface area contributed by atoms with Gasteiger partial charge in [0.05, 0.1) is 24.9 Å². The van der Waals surface area contributed by atoms with Gasteiger partial charge in [0.1, 0.15) is 11.5 Å². The van der Waals surface area contributed by atoms with E-state index in [-0.39, 0.29) is 18.3 Å². The molecule has 0 spiro atoms. The molecule has 0 aliphatic heterocycles. The molecule has 3 aromatic rings. The number of aryl methyl sites for hydroxylation is 1. The van der Waals surface area contributed by atoms with Crippen molar-refractivity contribution in [3.8, 4) is 0 Å². The highest BCUT2D eigenvalue weighted by atomic mass is 19.1. The van der Waals surface area contributed by atoms with E-state index in [1.807, 2.05) is 32.9 Å². The lowest BCUT2D eigenvalue weighted by molar-refractivity contribution is 0.0263. The van der Waals surface area contributed by atoms with Crippen molar-refractivity contribution >= 4 is 16.8 Å². The first-order valence-electron chi connectivity index (χ1n) is 9.72. The Morgan fingerprint density at radius 2 is 2.07 bits per heavy atom. The van der Waals surface area contributed by atoms with Gasteiger partial charge in [-0.15, -0.1) is 0 Å². The molecule has 4 rings (SSSR count). The number of halogens is 1. The quantitative estimate of drug-likeness (QED) is 0.632. The zero-order chi connectivity index (χ0) is 20.1. The van der Waals surface area contributed by atoms with Crippen LogP contribution < -0.4 is 5.48 Å². The number of hydrogen-bond acceptors (Lipinski definition) is 3. The summed E-state index contributed by atoms with van der Waals surface area (Å²) in [5.74, 6) is -0.0755. The average Bonchev–Trinajstić information content (AvgIpc) is 3.45. The number of fused-ring (bicyclic) bond motifs is 1. The molecule has 28 heavy (non-hydrogen) atoms. The molecule has 0 radical (unpaired) electrons. The maximum atomic E-state index is 14.3. The summed E-state index contributed by atoms with van der Waals surface area (Å²) in [5, 5.41) is 0.875. The Morgan fingerprint density at radius 3 is 2.79 bits per heavy atom. The van der Waals surface area contributed by atoms with Crippen LogP contribution in [0.15, 0.2) is 42.7 Å². The highest BCUT2D eigenvalue weighted by molar-refractivity contribution is 5.98. The van der Waals surface area contributed by atoms with E-state index in [4.69, 9.17) is 4.84 Å². The van der Waals surface area contributed by atoms with Crippen LogP contribution in [-0.2, 0) is 11.4 Å². The fourth-order valence-electron chi connectivity index (χ4n) is 2.97. The van der Waals surface area contributed by atoms with Crippen LogP contribution in [0.3, 0.4) is 0 Å². The van der Waals surface area contributed by atoms with Gasteiger partial charge in [0.15, 0.2) is 0 Å². The van der Waals surface area contributed by atoms with Crippen molar-refractivity contribution < 1.29 is 14.0 Å². The van der Waals surface area contributed by atoms with Crippen LogP contribution in [0.5, 0.6) is 0 Å². The molecule has 0 unspecified atom stereocenters. The monoisotopic (exact) mass is 383 g/mol. The normalized spacial score (nSPS) is 13.1. The molecular formula is C22H26FN3O2. The third kappa shape index (κ3) is 4.57. The molecule has 1 aromatic carbocycles. The average molecular weight is 383 g/mol. The molecule has 148 valence electrons. The van der Waals surface area contributed by atoms with E-state index in [2.05, 4.69) is 10.5 Å². The van der Waals surface area contributed by atoms with E-state index in [9.17, 15) is 9.18 Å². The van der Waals surface area contributed by atoms with Gasteiger partial charge in [-0.1, -0.05) is 26.0 Å². The minimum Gasteiger partial charge on any atom is -0.331 e. The number of carbonyl (C=O) groups is 1. The van der Waals surface area contributed by atoms with E-state index in [0.29, 0.717) is 23.8 Å². The van der Waals surface area contributed by atoms with Gasteiger partial charge in [-0.3, -0.25) is 14.6 Å². The summed E-state index contributed by atoms with van der Waals surface area (Å²) in [6.07, 6.45) is 5.65. The lowest BCUT2D eigenvalue weighted by Crippen LogP contribution is -2.27. The first kappa shape index (κ1) is 20.0. The van der Waals surface area contributed by atoms with Gasteiger partial charge in [-0.25, -0.2) is 9.87 Å². The zero-order valence-electron chi connectivity index (χ0n) is 16.5. The number of hydrogen-bond donors (Lipinski definition) is 1. The van der Waals surface area contributed by atoms with E-state index in [1.165, 1.54) is 6.07 Å². The smallest absolute Gasteiger partial charge is 0.291 e. The van der Waals surface area contributed by atoms with Crippen molar-refractivity contribution in [3.05, 3.63) is 65.4 Å². The van der Waals surface area contributed by atoms with Crippen LogP contribution in [0.4, 0.5) is 4.39 Å². The molecule has 5 nitrogen and oxygen atoms in total. The third-order valence-electron chi connectivity index (χ3n) is 4.66. The van der Waals surface area contributed by atoms with Crippen LogP contribution >= 0.6 is 0 Å². The summed E-state index contributed by atoms with van der Waals surface area (Å²) in [7, 11) is 0. The number of nitrogens with zero attached hydrogens (tertiary/aromatic N) is 2. The van der Waals surface area contributed by atoms with Crippen LogP contribution in [0.25, 0.3) is 10.9 Å². The third-order valence-corrected chi connectivity index (χ3v) is 4.66. The Labute approximate surface area is 164 Å². The van der Waals surface area contributed by atoms with Crippen molar-refractivity contribution in [3.63, 3.8) is 0 Å². The number of carbonyl (C=O) groups excluding carboxylic acids is 1. The van der Waals surface area contributed by atoms with E-state index in [1.54, 1.807) is 29.1 Å². The second kappa shape index (κ2) is 8.97. The molecule has 0 bridgehead atoms. The molecule has 1 fully saturated rings. The van der Waals surface area contributed by atoms with Crippen molar-refractivity contribution in [2.24, 2.45) is 5.92 Å². The number of amides is 1. The maximum Gasteiger partial charge on any atom is 0.291 e. The van der Waals surface area contributed by atoms with Crippen molar-refractivity contribution in [2.45, 2.75) is 40.2 Å². The Bertz CT molecular complexity index is 964. The van der Waals surface area contributed by atoms with E-state index in [0.717, 1.165) is 29.3 Å². The van der Waals surface area contributed by atoms with Gasteiger partial charge in [0, 0.05) is 17.1 Å². The van der Waals surface area contributed by atoms with Crippen LogP contribution in [0.1, 0.15) is 48.3 Å². The molecule has 0 atom stereocenters. The number of pyridine rings is 1. The first-order valence-corrected chi connectivity index (χ1v) is 9.72. The molecular weight excluding hydrogens is 357 g/mol. The van der Waals surface area contributed by atoms with Crippen molar-refractivity contribution in [1.82, 2.24) is 15.0 Å². The van der Waals surface area contributed by atoms with Crippen LogP contribution in [0, 0.1) is 18.7 Å². The molecule has 1 aliphatic carbocycles. The minimum absolute atomic E-state index is 0.243. The van der Waals surface area contributed by atoms with Crippen molar-refractivity contribution in [1.29, 1.82) is 0 Å².